The molecule has 0 bridgehead atoms. The van der Waals surface area contributed by atoms with Gasteiger partial charge in [0.05, 0.1) is 26.0 Å². The number of hydrogen-bond acceptors (Lipinski definition) is 7. The molecule has 0 saturated heterocycles. The van der Waals surface area contributed by atoms with Gasteiger partial charge < -0.3 is 29.3 Å². The molecule has 9 nitrogen and oxygen atoms in total. The molecule has 9 heteroatoms. The third-order valence-corrected chi connectivity index (χ3v) is 3.89. The Hall–Kier alpha value is -3.49. The molecule has 0 aliphatic heterocycles. The van der Waals surface area contributed by atoms with E-state index in [0.29, 0.717) is 36.0 Å². The molecule has 162 valence electrons. The van der Waals surface area contributed by atoms with Crippen molar-refractivity contribution in [1.29, 1.82) is 0 Å². The Kier molecular flexibility index (Phi) is 8.74. The largest absolute Gasteiger partial charge is 0.490 e. The Morgan fingerprint density at radius 2 is 1.77 bits per heavy atom. The van der Waals surface area contributed by atoms with Crippen molar-refractivity contribution in [3.8, 4) is 11.5 Å². The first-order chi connectivity index (χ1) is 14.4. The third kappa shape index (κ3) is 6.84. The summed E-state index contributed by atoms with van der Waals surface area (Å²) in [5.74, 6) is -0.137. The molecule has 2 N–H and O–H groups in total. The van der Waals surface area contributed by atoms with Gasteiger partial charge in [0.2, 0.25) is 0 Å². The van der Waals surface area contributed by atoms with Crippen molar-refractivity contribution in [1.82, 2.24) is 10.6 Å². The molecule has 0 saturated carbocycles. The number of nitrogens with one attached hydrogen (secondary N) is 2. The average Bonchev–Trinajstić information content (AvgIpc) is 3.25. The molecule has 1 aromatic heterocycles. The van der Waals surface area contributed by atoms with Gasteiger partial charge in [-0.15, -0.1) is 0 Å². The lowest BCUT2D eigenvalue weighted by atomic mass is 10.2. The van der Waals surface area contributed by atoms with E-state index < -0.39 is 23.9 Å². The quantitative estimate of drug-likeness (QED) is 0.537. The standard InChI is InChI=1S/C21H26N2O7/c1-4-27-17-9-8-15(11-18(17)28-5-2)21(26)23-13-19(24)30-14(3)20(25)22-12-16-7-6-10-29-16/h6-11,14H,4-5,12-13H2,1-3H3,(H,22,25)(H,23,26)/t14-/m1/s1. The van der Waals surface area contributed by atoms with E-state index in [4.69, 9.17) is 18.6 Å². The Morgan fingerprint density at radius 3 is 2.43 bits per heavy atom. The molecule has 2 aromatic rings. The van der Waals surface area contributed by atoms with E-state index in [-0.39, 0.29) is 13.1 Å². The lowest BCUT2D eigenvalue weighted by Gasteiger charge is -2.14. The summed E-state index contributed by atoms with van der Waals surface area (Å²) in [6.07, 6.45) is 0.481. The number of furan rings is 1. The van der Waals surface area contributed by atoms with Crippen molar-refractivity contribution in [2.45, 2.75) is 33.4 Å². The van der Waals surface area contributed by atoms with Crippen LogP contribution in [0.15, 0.2) is 41.0 Å². The highest BCUT2D eigenvalue weighted by molar-refractivity contribution is 5.96. The normalized spacial score (nSPS) is 11.3. The molecule has 0 radical (unpaired) electrons. The van der Waals surface area contributed by atoms with E-state index >= 15 is 0 Å². The first kappa shape index (κ1) is 22.8. The minimum Gasteiger partial charge on any atom is -0.490 e. The highest BCUT2D eigenvalue weighted by Gasteiger charge is 2.19. The number of carbonyl (C=O) groups excluding carboxylic acids is 3. The average molecular weight is 418 g/mol. The highest BCUT2D eigenvalue weighted by Crippen LogP contribution is 2.28. The van der Waals surface area contributed by atoms with E-state index in [1.807, 2.05) is 13.8 Å². The molecule has 0 aliphatic rings. The van der Waals surface area contributed by atoms with Crippen LogP contribution in [0.3, 0.4) is 0 Å². The van der Waals surface area contributed by atoms with Crippen LogP contribution in [0.2, 0.25) is 0 Å². The third-order valence-electron chi connectivity index (χ3n) is 3.89. The second kappa shape index (κ2) is 11.5. The van der Waals surface area contributed by atoms with Crippen LogP contribution in [0, 0.1) is 0 Å². The van der Waals surface area contributed by atoms with Crippen LogP contribution in [0.25, 0.3) is 0 Å². The first-order valence-corrected chi connectivity index (χ1v) is 9.62. The van der Waals surface area contributed by atoms with E-state index in [1.54, 1.807) is 30.3 Å². The first-order valence-electron chi connectivity index (χ1n) is 9.62. The van der Waals surface area contributed by atoms with Crippen LogP contribution < -0.4 is 20.1 Å². The summed E-state index contributed by atoms with van der Waals surface area (Å²) in [6.45, 7) is 5.79. The van der Waals surface area contributed by atoms with Crippen molar-refractivity contribution in [2.75, 3.05) is 19.8 Å². The number of rotatable bonds is 11. The maximum atomic E-state index is 12.3. The minimum absolute atomic E-state index is 0.185. The summed E-state index contributed by atoms with van der Waals surface area (Å²) in [5.41, 5.74) is 0.305. The van der Waals surface area contributed by atoms with Crippen LogP contribution in [0.5, 0.6) is 11.5 Å². The number of esters is 1. The van der Waals surface area contributed by atoms with Crippen LogP contribution in [-0.2, 0) is 20.9 Å². The van der Waals surface area contributed by atoms with Gasteiger partial charge in [-0.3, -0.25) is 14.4 Å². The van der Waals surface area contributed by atoms with Crippen LogP contribution in [0.1, 0.15) is 36.9 Å². The van der Waals surface area contributed by atoms with Gasteiger partial charge in [0.25, 0.3) is 11.8 Å². The minimum atomic E-state index is -1.01. The summed E-state index contributed by atoms with van der Waals surface area (Å²) in [5, 5.41) is 5.05. The summed E-state index contributed by atoms with van der Waals surface area (Å²) in [4.78, 5) is 36.3. The molecule has 0 unspecified atom stereocenters. The van der Waals surface area contributed by atoms with Crippen molar-refractivity contribution in [3.63, 3.8) is 0 Å². The van der Waals surface area contributed by atoms with Crippen molar-refractivity contribution >= 4 is 17.8 Å². The zero-order valence-corrected chi connectivity index (χ0v) is 17.2. The van der Waals surface area contributed by atoms with Crippen molar-refractivity contribution in [2.24, 2.45) is 0 Å². The number of hydrogen-bond donors (Lipinski definition) is 2. The summed E-state index contributed by atoms with van der Waals surface area (Å²) >= 11 is 0. The zero-order valence-electron chi connectivity index (χ0n) is 17.2. The molecule has 0 fully saturated rings. The lowest BCUT2D eigenvalue weighted by Crippen LogP contribution is -2.38. The number of carbonyl (C=O) groups is 3. The van der Waals surface area contributed by atoms with E-state index in [0.717, 1.165) is 0 Å². The smallest absolute Gasteiger partial charge is 0.326 e. The molecule has 1 heterocycles. The van der Waals surface area contributed by atoms with E-state index in [1.165, 1.54) is 13.2 Å². The van der Waals surface area contributed by atoms with Gasteiger partial charge in [-0.05, 0) is 51.1 Å². The Bertz CT molecular complexity index is 849. The molecule has 1 aromatic carbocycles. The zero-order chi connectivity index (χ0) is 21.9. The number of benzene rings is 1. The van der Waals surface area contributed by atoms with E-state index in [9.17, 15) is 14.4 Å². The number of amides is 2. The van der Waals surface area contributed by atoms with E-state index in [2.05, 4.69) is 10.6 Å². The fraction of sp³-hybridized carbons (Fsp3) is 0.381. The van der Waals surface area contributed by atoms with Gasteiger partial charge in [0.1, 0.15) is 12.3 Å². The van der Waals surface area contributed by atoms with Gasteiger partial charge in [-0.2, -0.15) is 0 Å². The molecule has 2 rings (SSSR count). The SMILES string of the molecule is CCOc1ccc(C(=O)NCC(=O)O[C@H](C)C(=O)NCc2ccco2)cc1OCC. The highest BCUT2D eigenvalue weighted by atomic mass is 16.5. The lowest BCUT2D eigenvalue weighted by molar-refractivity contribution is -0.153. The van der Waals surface area contributed by atoms with Crippen LogP contribution in [-0.4, -0.2) is 43.6 Å². The predicted molar refractivity (Wildman–Crippen MR) is 107 cm³/mol. The Labute approximate surface area is 174 Å². The Balaban J connectivity index is 1.82. The second-order valence-electron chi connectivity index (χ2n) is 6.14. The fourth-order valence-corrected chi connectivity index (χ4v) is 2.47. The predicted octanol–water partition coefficient (Wildman–Crippen LogP) is 2.05. The molecule has 30 heavy (non-hydrogen) atoms. The van der Waals surface area contributed by atoms with Gasteiger partial charge in [0.15, 0.2) is 17.6 Å². The molecular weight excluding hydrogens is 392 g/mol. The monoisotopic (exact) mass is 418 g/mol. The van der Waals surface area contributed by atoms with Crippen LogP contribution in [0.4, 0.5) is 0 Å². The van der Waals surface area contributed by atoms with Gasteiger partial charge >= 0.3 is 5.97 Å². The summed E-state index contributed by atoms with van der Waals surface area (Å²) < 4.78 is 21.1. The van der Waals surface area contributed by atoms with Gasteiger partial charge in [-0.1, -0.05) is 0 Å². The summed E-state index contributed by atoms with van der Waals surface area (Å²) in [6, 6.07) is 8.16. The Morgan fingerprint density at radius 1 is 1.03 bits per heavy atom. The van der Waals surface area contributed by atoms with Crippen molar-refractivity contribution in [3.05, 3.63) is 47.9 Å². The van der Waals surface area contributed by atoms with Crippen molar-refractivity contribution < 1.29 is 33.0 Å². The molecular formula is C21H26N2O7. The maximum absolute atomic E-state index is 12.3. The number of ether oxygens (including phenoxy) is 3. The van der Waals surface area contributed by atoms with Crippen LogP contribution >= 0.6 is 0 Å². The fourth-order valence-electron chi connectivity index (χ4n) is 2.47. The molecule has 1 atom stereocenters. The maximum Gasteiger partial charge on any atom is 0.326 e. The molecule has 0 spiro atoms. The molecule has 0 aliphatic carbocycles. The molecule has 2 amide bonds. The topological polar surface area (TPSA) is 116 Å². The summed E-state index contributed by atoms with van der Waals surface area (Å²) in [7, 11) is 0. The second-order valence-corrected chi connectivity index (χ2v) is 6.14. The van der Waals surface area contributed by atoms with Gasteiger partial charge in [0, 0.05) is 5.56 Å². The van der Waals surface area contributed by atoms with Gasteiger partial charge in [-0.25, -0.2) is 0 Å².